The summed E-state index contributed by atoms with van der Waals surface area (Å²) in [6, 6.07) is 11.3. The number of phenols is 1. The maximum absolute atomic E-state index is 9.45. The summed E-state index contributed by atoms with van der Waals surface area (Å²) in [4.78, 5) is 0. The Morgan fingerprint density at radius 2 is 1.91 bits per heavy atom. The number of hydrogen-bond donors (Lipinski definition) is 1. The number of allylic oxidation sites excluding steroid dienone is 1. The molecule has 3 rings (SSSR count). The van der Waals surface area contributed by atoms with Crippen molar-refractivity contribution in [3.05, 3.63) is 59.2 Å². The van der Waals surface area contributed by atoms with E-state index in [1.54, 1.807) is 19.2 Å². The average Bonchev–Trinajstić information content (AvgIpc) is 2.86. The van der Waals surface area contributed by atoms with Crippen molar-refractivity contribution in [2.45, 2.75) is 25.9 Å². The van der Waals surface area contributed by atoms with Gasteiger partial charge in [-0.15, -0.1) is 0 Å². The van der Waals surface area contributed by atoms with Gasteiger partial charge in [-0.2, -0.15) is 0 Å². The Kier molecular flexibility index (Phi) is 3.80. The molecule has 1 heterocycles. The molecule has 0 aliphatic carbocycles. The molecule has 0 unspecified atom stereocenters. The van der Waals surface area contributed by atoms with Crippen LogP contribution in [0.15, 0.2) is 42.5 Å². The number of hydrogen-bond acceptors (Lipinski definition) is 3. The van der Waals surface area contributed by atoms with E-state index in [0.717, 1.165) is 28.2 Å². The fourth-order valence-corrected chi connectivity index (χ4v) is 2.95. The first-order valence-electron chi connectivity index (χ1n) is 7.44. The van der Waals surface area contributed by atoms with E-state index in [2.05, 4.69) is 6.92 Å². The highest BCUT2D eigenvalue weighted by Gasteiger charge is 2.34. The van der Waals surface area contributed by atoms with E-state index in [4.69, 9.17) is 9.47 Å². The van der Waals surface area contributed by atoms with Crippen LogP contribution in [0.2, 0.25) is 0 Å². The summed E-state index contributed by atoms with van der Waals surface area (Å²) in [5, 5.41) is 9.45. The van der Waals surface area contributed by atoms with Crippen molar-refractivity contribution < 1.29 is 14.6 Å². The van der Waals surface area contributed by atoms with E-state index in [9.17, 15) is 5.11 Å². The highest BCUT2D eigenvalue weighted by Crippen LogP contribution is 2.49. The maximum atomic E-state index is 9.45. The van der Waals surface area contributed by atoms with Crippen LogP contribution in [0.4, 0.5) is 0 Å². The van der Waals surface area contributed by atoms with Crippen molar-refractivity contribution in [3.8, 4) is 17.2 Å². The zero-order valence-corrected chi connectivity index (χ0v) is 13.0. The third-order valence-corrected chi connectivity index (χ3v) is 4.11. The lowest BCUT2D eigenvalue weighted by Gasteiger charge is -2.16. The van der Waals surface area contributed by atoms with Gasteiger partial charge in [0.25, 0.3) is 0 Å². The van der Waals surface area contributed by atoms with Crippen molar-refractivity contribution in [2.24, 2.45) is 0 Å². The van der Waals surface area contributed by atoms with Gasteiger partial charge in [0.2, 0.25) is 0 Å². The minimum absolute atomic E-state index is 0.0493. The van der Waals surface area contributed by atoms with Crippen molar-refractivity contribution in [1.29, 1.82) is 0 Å². The number of benzene rings is 2. The highest BCUT2D eigenvalue weighted by atomic mass is 16.5. The molecule has 0 bridgehead atoms. The lowest BCUT2D eigenvalue weighted by atomic mass is 9.92. The lowest BCUT2D eigenvalue weighted by Crippen LogP contribution is -2.06. The summed E-state index contributed by atoms with van der Waals surface area (Å²) in [5.74, 6) is 2.25. The zero-order chi connectivity index (χ0) is 15.7. The van der Waals surface area contributed by atoms with Crippen LogP contribution >= 0.6 is 0 Å². The number of rotatable bonds is 3. The molecule has 114 valence electrons. The van der Waals surface area contributed by atoms with E-state index in [1.165, 1.54) is 0 Å². The quantitative estimate of drug-likeness (QED) is 0.894. The molecule has 3 heteroatoms. The molecule has 0 radical (unpaired) electrons. The summed E-state index contributed by atoms with van der Waals surface area (Å²) < 4.78 is 11.6. The Morgan fingerprint density at radius 1 is 1.18 bits per heavy atom. The minimum Gasteiger partial charge on any atom is -0.508 e. The second-order valence-electron chi connectivity index (χ2n) is 5.55. The van der Waals surface area contributed by atoms with Gasteiger partial charge in [0.1, 0.15) is 23.4 Å². The Bertz CT molecular complexity index is 701. The first kappa shape index (κ1) is 14.5. The van der Waals surface area contributed by atoms with Crippen molar-refractivity contribution in [3.63, 3.8) is 0 Å². The van der Waals surface area contributed by atoms with Crippen molar-refractivity contribution >= 4 is 6.08 Å². The number of phenolic OH excluding ortho intramolecular Hbond substituents is 1. The standard InChI is InChI=1S/C19H20O3/c1-4-5-14-10-16(21-3)11-17-12(2)18(22-19(14)17)13-6-8-15(20)9-7-13/h4-12,18,20H,1-3H3/b5-4-/t12-,18-/m1/s1. The molecular weight excluding hydrogens is 276 g/mol. The third-order valence-electron chi connectivity index (χ3n) is 4.11. The van der Waals surface area contributed by atoms with Gasteiger partial charge < -0.3 is 14.6 Å². The molecule has 0 amide bonds. The van der Waals surface area contributed by atoms with Crippen LogP contribution in [0, 0.1) is 0 Å². The van der Waals surface area contributed by atoms with Gasteiger partial charge in [0, 0.05) is 17.0 Å². The van der Waals surface area contributed by atoms with Crippen LogP contribution < -0.4 is 9.47 Å². The monoisotopic (exact) mass is 296 g/mol. The van der Waals surface area contributed by atoms with Gasteiger partial charge in [-0.3, -0.25) is 0 Å². The van der Waals surface area contributed by atoms with Crippen LogP contribution in [0.5, 0.6) is 17.2 Å². The molecule has 1 aliphatic rings. The van der Waals surface area contributed by atoms with Gasteiger partial charge in [0.15, 0.2) is 0 Å². The topological polar surface area (TPSA) is 38.7 Å². The largest absolute Gasteiger partial charge is 0.508 e. The first-order chi connectivity index (χ1) is 10.6. The summed E-state index contributed by atoms with van der Waals surface area (Å²) >= 11 is 0. The van der Waals surface area contributed by atoms with E-state index in [0.29, 0.717) is 0 Å². The summed E-state index contributed by atoms with van der Waals surface area (Å²) in [5.41, 5.74) is 3.25. The summed E-state index contributed by atoms with van der Waals surface area (Å²) in [6.45, 7) is 4.14. The minimum atomic E-state index is -0.0493. The highest BCUT2D eigenvalue weighted by molar-refractivity contribution is 5.65. The molecule has 1 aliphatic heterocycles. The third kappa shape index (κ3) is 2.43. The zero-order valence-electron chi connectivity index (χ0n) is 13.0. The number of aromatic hydroxyl groups is 1. The SMILES string of the molecule is C/C=C\c1cc(OC)cc2c1O[C@@H](c1ccc(O)cc1)[C@@H]2C. The number of methoxy groups -OCH3 is 1. The Balaban J connectivity index is 2.04. The molecular formula is C19H20O3. The van der Waals surface area contributed by atoms with E-state index >= 15 is 0 Å². The van der Waals surface area contributed by atoms with Crippen molar-refractivity contribution in [2.75, 3.05) is 7.11 Å². The van der Waals surface area contributed by atoms with E-state index in [-0.39, 0.29) is 17.8 Å². The lowest BCUT2D eigenvalue weighted by molar-refractivity contribution is 0.215. The van der Waals surface area contributed by atoms with Gasteiger partial charge in [0.05, 0.1) is 7.11 Å². The maximum Gasteiger partial charge on any atom is 0.131 e. The molecule has 22 heavy (non-hydrogen) atoms. The van der Waals surface area contributed by atoms with Crippen LogP contribution in [-0.2, 0) is 0 Å². The predicted molar refractivity (Wildman–Crippen MR) is 87.6 cm³/mol. The fraction of sp³-hybridized carbons (Fsp3) is 0.263. The Morgan fingerprint density at radius 3 is 2.55 bits per heavy atom. The second kappa shape index (κ2) is 5.76. The van der Waals surface area contributed by atoms with E-state index in [1.807, 2.05) is 43.3 Å². The van der Waals surface area contributed by atoms with Gasteiger partial charge in [-0.25, -0.2) is 0 Å². The van der Waals surface area contributed by atoms with Crippen LogP contribution in [0.1, 0.15) is 42.6 Å². The molecule has 1 N–H and O–H groups in total. The molecule has 0 saturated heterocycles. The Labute approximate surface area is 130 Å². The first-order valence-corrected chi connectivity index (χ1v) is 7.44. The summed E-state index contributed by atoms with van der Waals surface area (Å²) in [6.07, 6.45) is 3.98. The molecule has 2 aromatic rings. The van der Waals surface area contributed by atoms with Crippen LogP contribution in [0.3, 0.4) is 0 Å². The summed E-state index contributed by atoms with van der Waals surface area (Å²) in [7, 11) is 1.68. The molecule has 2 aromatic carbocycles. The van der Waals surface area contributed by atoms with Crippen LogP contribution in [-0.4, -0.2) is 12.2 Å². The molecule has 0 spiro atoms. The molecule has 3 nitrogen and oxygen atoms in total. The normalized spacial score (nSPS) is 20.0. The van der Waals surface area contributed by atoms with Crippen LogP contribution in [0.25, 0.3) is 6.08 Å². The number of fused-ring (bicyclic) bond motifs is 1. The van der Waals surface area contributed by atoms with Gasteiger partial charge in [-0.05, 0) is 36.8 Å². The molecule has 2 atom stereocenters. The van der Waals surface area contributed by atoms with Crippen molar-refractivity contribution in [1.82, 2.24) is 0 Å². The van der Waals surface area contributed by atoms with Gasteiger partial charge >= 0.3 is 0 Å². The van der Waals surface area contributed by atoms with Gasteiger partial charge in [-0.1, -0.05) is 31.2 Å². The molecule has 0 fully saturated rings. The smallest absolute Gasteiger partial charge is 0.131 e. The predicted octanol–water partition coefficient (Wildman–Crippen LogP) is 4.67. The molecule has 0 saturated carbocycles. The Hall–Kier alpha value is -2.42. The van der Waals surface area contributed by atoms with E-state index < -0.39 is 0 Å². The average molecular weight is 296 g/mol. The molecule has 0 aromatic heterocycles. The second-order valence-corrected chi connectivity index (χ2v) is 5.55. The fourth-order valence-electron chi connectivity index (χ4n) is 2.95. The number of ether oxygens (including phenoxy) is 2.